The molecule has 0 saturated carbocycles. The normalized spacial score (nSPS) is 12.1. The van der Waals surface area contributed by atoms with Crippen molar-refractivity contribution < 1.29 is 31.2 Å². The number of nitrogens with two attached hydrogens (primary N) is 1. The van der Waals surface area contributed by atoms with E-state index in [4.69, 9.17) is 17.3 Å². The number of aryl methyl sites for hydroxylation is 1. The van der Waals surface area contributed by atoms with Crippen LogP contribution in [0.25, 0.3) is 0 Å². The second-order valence-electron chi connectivity index (χ2n) is 6.34. The zero-order valence-electron chi connectivity index (χ0n) is 15.7. The number of nitrogens with one attached hydrogen (secondary N) is 1. The Morgan fingerprint density at radius 2 is 1.80 bits per heavy atom. The van der Waals surface area contributed by atoms with Gasteiger partial charge in [-0.2, -0.15) is 17.5 Å². The van der Waals surface area contributed by atoms with Gasteiger partial charge < -0.3 is 11.1 Å². The van der Waals surface area contributed by atoms with E-state index in [-0.39, 0.29) is 16.1 Å². The Morgan fingerprint density at radius 3 is 2.37 bits per heavy atom. The maximum atomic E-state index is 12.9. The lowest BCUT2D eigenvalue weighted by Gasteiger charge is -2.18. The SMILES string of the molecule is Cc1ccc(S(=O)(=O)N(C)CC(=O)Nc2ccc(Cl)c(C(F)(F)F)c2)cc1C(N)=O. The molecular formula is C18H17ClF3N3O4S. The number of rotatable bonds is 6. The van der Waals surface area contributed by atoms with Crippen LogP contribution in [0.2, 0.25) is 5.02 Å². The minimum absolute atomic E-state index is 0.00905. The van der Waals surface area contributed by atoms with Crippen LogP contribution < -0.4 is 11.1 Å². The zero-order chi connectivity index (χ0) is 22.9. The topological polar surface area (TPSA) is 110 Å². The maximum Gasteiger partial charge on any atom is 0.417 e. The molecule has 2 aromatic carbocycles. The van der Waals surface area contributed by atoms with Crippen molar-refractivity contribution >= 4 is 39.1 Å². The van der Waals surface area contributed by atoms with E-state index in [0.717, 1.165) is 25.2 Å². The highest BCUT2D eigenvalue weighted by molar-refractivity contribution is 7.89. The van der Waals surface area contributed by atoms with Gasteiger partial charge in [0.2, 0.25) is 21.8 Å². The Labute approximate surface area is 175 Å². The van der Waals surface area contributed by atoms with Gasteiger partial charge in [-0.25, -0.2) is 8.42 Å². The van der Waals surface area contributed by atoms with Gasteiger partial charge in [-0.1, -0.05) is 17.7 Å². The summed E-state index contributed by atoms with van der Waals surface area (Å²) in [7, 11) is -3.06. The molecule has 30 heavy (non-hydrogen) atoms. The molecular weight excluding hydrogens is 447 g/mol. The maximum absolute atomic E-state index is 12.9. The summed E-state index contributed by atoms with van der Waals surface area (Å²) < 4.78 is 64.8. The predicted octanol–water partition coefficient (Wildman–Crippen LogP) is 3.03. The molecule has 7 nitrogen and oxygen atoms in total. The van der Waals surface area contributed by atoms with Crippen LogP contribution >= 0.6 is 11.6 Å². The Balaban J connectivity index is 2.20. The highest BCUT2D eigenvalue weighted by Crippen LogP contribution is 2.36. The molecule has 12 heteroatoms. The second kappa shape index (κ2) is 8.62. The van der Waals surface area contributed by atoms with Crippen LogP contribution in [0.3, 0.4) is 0 Å². The first-order valence-corrected chi connectivity index (χ1v) is 10.1. The molecule has 3 N–H and O–H groups in total. The lowest BCUT2D eigenvalue weighted by molar-refractivity contribution is -0.137. The lowest BCUT2D eigenvalue weighted by atomic mass is 10.1. The lowest BCUT2D eigenvalue weighted by Crippen LogP contribution is -2.35. The number of nitrogens with zero attached hydrogens (tertiary/aromatic N) is 1. The van der Waals surface area contributed by atoms with Crippen molar-refractivity contribution in [2.24, 2.45) is 5.73 Å². The first-order chi connectivity index (χ1) is 13.7. The first kappa shape index (κ1) is 23.6. The molecule has 2 aromatic rings. The van der Waals surface area contributed by atoms with Crippen molar-refractivity contribution in [2.45, 2.75) is 18.0 Å². The summed E-state index contributed by atoms with van der Waals surface area (Å²) in [5.74, 6) is -1.69. The van der Waals surface area contributed by atoms with Crippen LogP contribution in [-0.4, -0.2) is 38.1 Å². The standard InChI is InChI=1S/C18H17ClF3N3O4S/c1-10-3-5-12(8-13(10)17(23)27)30(28,29)25(2)9-16(26)24-11-4-6-15(19)14(7-11)18(20,21)22/h3-8H,9H2,1-2H3,(H2,23,27)(H,24,26). The Hall–Kier alpha value is -2.63. The van der Waals surface area contributed by atoms with Gasteiger partial charge >= 0.3 is 6.18 Å². The molecule has 0 radical (unpaired) electrons. The highest BCUT2D eigenvalue weighted by atomic mass is 35.5. The molecule has 0 atom stereocenters. The summed E-state index contributed by atoms with van der Waals surface area (Å²) in [6, 6.07) is 6.51. The van der Waals surface area contributed by atoms with Crippen molar-refractivity contribution in [3.8, 4) is 0 Å². The number of sulfonamides is 1. The number of hydrogen-bond donors (Lipinski definition) is 2. The number of likely N-dealkylation sites (N-methyl/N-ethyl adjacent to an activating group) is 1. The molecule has 0 saturated heterocycles. The number of primary amides is 1. The van der Waals surface area contributed by atoms with Crippen molar-refractivity contribution in [3.05, 3.63) is 58.1 Å². The molecule has 0 aliphatic rings. The number of benzene rings is 2. The average molecular weight is 464 g/mol. The van der Waals surface area contributed by atoms with E-state index in [0.29, 0.717) is 15.9 Å². The van der Waals surface area contributed by atoms with Crippen LogP contribution in [0, 0.1) is 6.92 Å². The molecule has 0 aliphatic heterocycles. The van der Waals surface area contributed by atoms with E-state index in [2.05, 4.69) is 5.32 Å². The van der Waals surface area contributed by atoms with Gasteiger partial charge in [0.05, 0.1) is 22.0 Å². The number of amides is 2. The molecule has 0 fully saturated rings. The molecule has 0 aromatic heterocycles. The molecule has 0 aliphatic carbocycles. The van der Waals surface area contributed by atoms with E-state index in [1.54, 1.807) is 6.92 Å². The van der Waals surface area contributed by atoms with Crippen LogP contribution in [0.5, 0.6) is 0 Å². The van der Waals surface area contributed by atoms with Gasteiger partial charge in [-0.3, -0.25) is 9.59 Å². The highest BCUT2D eigenvalue weighted by Gasteiger charge is 2.33. The van der Waals surface area contributed by atoms with Crippen LogP contribution in [-0.2, 0) is 21.0 Å². The minimum Gasteiger partial charge on any atom is -0.366 e. The largest absolute Gasteiger partial charge is 0.417 e. The Morgan fingerprint density at radius 1 is 1.17 bits per heavy atom. The average Bonchev–Trinajstić information content (AvgIpc) is 2.62. The monoisotopic (exact) mass is 463 g/mol. The van der Waals surface area contributed by atoms with Crippen LogP contribution in [0.4, 0.5) is 18.9 Å². The van der Waals surface area contributed by atoms with E-state index < -0.39 is 45.1 Å². The molecule has 0 unspecified atom stereocenters. The number of hydrogen-bond acceptors (Lipinski definition) is 4. The summed E-state index contributed by atoms with van der Waals surface area (Å²) >= 11 is 5.52. The number of alkyl halides is 3. The fourth-order valence-corrected chi connectivity index (χ4v) is 3.89. The Kier molecular flexibility index (Phi) is 6.80. The molecule has 162 valence electrons. The van der Waals surface area contributed by atoms with Gasteiger partial charge in [-0.15, -0.1) is 0 Å². The molecule has 2 rings (SSSR count). The van der Waals surface area contributed by atoms with E-state index in [9.17, 15) is 31.2 Å². The summed E-state index contributed by atoms with van der Waals surface area (Å²) in [5, 5.41) is 1.66. The van der Waals surface area contributed by atoms with Crippen molar-refractivity contribution in [3.63, 3.8) is 0 Å². The fourth-order valence-electron chi connectivity index (χ4n) is 2.51. The van der Waals surface area contributed by atoms with Gasteiger partial charge in [0, 0.05) is 18.3 Å². The first-order valence-electron chi connectivity index (χ1n) is 8.27. The summed E-state index contributed by atoms with van der Waals surface area (Å²) in [6.45, 7) is 0.890. The van der Waals surface area contributed by atoms with Crippen molar-refractivity contribution in [1.29, 1.82) is 0 Å². The third-order valence-corrected chi connectivity index (χ3v) is 6.23. The van der Waals surface area contributed by atoms with Gasteiger partial charge in [-0.05, 0) is 42.8 Å². The number of halogens is 4. The van der Waals surface area contributed by atoms with Crippen LogP contribution in [0.15, 0.2) is 41.3 Å². The number of carbonyl (C=O) groups excluding carboxylic acids is 2. The van der Waals surface area contributed by atoms with Gasteiger partial charge in [0.25, 0.3) is 0 Å². The second-order valence-corrected chi connectivity index (χ2v) is 8.79. The molecule has 0 heterocycles. The smallest absolute Gasteiger partial charge is 0.366 e. The fraction of sp³-hybridized carbons (Fsp3) is 0.222. The van der Waals surface area contributed by atoms with Gasteiger partial charge in [0.15, 0.2) is 0 Å². The van der Waals surface area contributed by atoms with E-state index >= 15 is 0 Å². The molecule has 0 spiro atoms. The summed E-state index contributed by atoms with van der Waals surface area (Å²) in [5.41, 5.74) is 4.37. The zero-order valence-corrected chi connectivity index (χ0v) is 17.3. The Bertz CT molecular complexity index is 1100. The quantitative estimate of drug-likeness (QED) is 0.686. The van der Waals surface area contributed by atoms with E-state index in [1.165, 1.54) is 12.1 Å². The molecule has 0 bridgehead atoms. The van der Waals surface area contributed by atoms with Gasteiger partial charge in [0.1, 0.15) is 0 Å². The number of anilines is 1. The molecule has 2 amide bonds. The summed E-state index contributed by atoms with van der Waals surface area (Å²) in [4.78, 5) is 23.3. The minimum atomic E-state index is -4.72. The third kappa shape index (κ3) is 5.29. The van der Waals surface area contributed by atoms with Crippen molar-refractivity contribution in [1.82, 2.24) is 4.31 Å². The van der Waals surface area contributed by atoms with Crippen molar-refractivity contribution in [2.75, 3.05) is 18.9 Å². The third-order valence-electron chi connectivity index (χ3n) is 4.10. The van der Waals surface area contributed by atoms with E-state index in [1.807, 2.05) is 0 Å². The van der Waals surface area contributed by atoms with Crippen LogP contribution in [0.1, 0.15) is 21.5 Å². The summed E-state index contributed by atoms with van der Waals surface area (Å²) in [6.07, 6.45) is -4.72. The predicted molar refractivity (Wildman–Crippen MR) is 105 cm³/mol. The number of carbonyl (C=O) groups is 2.